The van der Waals surface area contributed by atoms with Gasteiger partial charge < -0.3 is 20.3 Å². The molecule has 4 aromatic rings. The average molecular weight is 625 g/mol. The second kappa shape index (κ2) is 15.7. The van der Waals surface area contributed by atoms with E-state index < -0.39 is 0 Å². The van der Waals surface area contributed by atoms with Crippen LogP contribution >= 0.6 is 11.6 Å². The maximum absolute atomic E-state index is 12.6. The highest BCUT2D eigenvalue weighted by Gasteiger charge is 2.22. The Hall–Kier alpha value is -4.20. The Morgan fingerprint density at radius 2 is 1.53 bits per heavy atom. The summed E-state index contributed by atoms with van der Waals surface area (Å²) in [6.45, 7) is 8.75. The van der Waals surface area contributed by atoms with Crippen molar-refractivity contribution in [2.75, 3.05) is 31.5 Å². The fourth-order valence-electron chi connectivity index (χ4n) is 5.79. The van der Waals surface area contributed by atoms with Crippen LogP contribution < -0.4 is 15.4 Å². The molecule has 0 spiro atoms. The lowest BCUT2D eigenvalue weighted by atomic mass is 9.85. The number of halogens is 1. The fraction of sp³-hybridized carbons (Fsp3) is 0.324. The lowest BCUT2D eigenvalue weighted by Gasteiger charge is -2.33. The van der Waals surface area contributed by atoms with Crippen molar-refractivity contribution in [1.82, 2.24) is 15.2 Å². The molecule has 0 aliphatic carbocycles. The van der Waals surface area contributed by atoms with Gasteiger partial charge in [0.25, 0.3) is 11.8 Å². The minimum absolute atomic E-state index is 0.106. The smallest absolute Gasteiger partial charge is 0.255 e. The number of aryl methyl sites for hydroxylation is 2. The monoisotopic (exact) mass is 624 g/mol. The summed E-state index contributed by atoms with van der Waals surface area (Å²) in [5.74, 6) is 1.19. The molecule has 0 atom stereocenters. The summed E-state index contributed by atoms with van der Waals surface area (Å²) in [4.78, 5) is 31.6. The Labute approximate surface area is 271 Å². The van der Waals surface area contributed by atoms with E-state index in [0.29, 0.717) is 40.9 Å². The van der Waals surface area contributed by atoms with Crippen LogP contribution in [0.15, 0.2) is 85.2 Å². The molecule has 45 heavy (non-hydrogen) atoms. The summed E-state index contributed by atoms with van der Waals surface area (Å²) in [6, 6.07) is 22.1. The summed E-state index contributed by atoms with van der Waals surface area (Å²) < 4.78 is 6.12. The van der Waals surface area contributed by atoms with Gasteiger partial charge in [0.15, 0.2) is 0 Å². The number of anilines is 1. The molecular formula is C37H41ClN4O3. The van der Waals surface area contributed by atoms with Crippen LogP contribution in [-0.4, -0.2) is 47.9 Å². The Balaban J connectivity index is 0.986. The third-order valence-electron chi connectivity index (χ3n) is 8.43. The molecule has 2 N–H and O–H groups in total. The maximum atomic E-state index is 12.6. The van der Waals surface area contributed by atoms with E-state index in [4.69, 9.17) is 16.3 Å². The number of carbonyl (C=O) groups excluding carboxylic acids is 2. The number of nitrogens with zero attached hydrogens (tertiary/aromatic N) is 2. The fourth-order valence-corrected chi connectivity index (χ4v) is 5.91. The topological polar surface area (TPSA) is 83.6 Å². The summed E-state index contributed by atoms with van der Waals surface area (Å²) in [7, 11) is 0. The first-order valence-electron chi connectivity index (χ1n) is 15.7. The van der Waals surface area contributed by atoms with E-state index in [1.54, 1.807) is 60.9 Å². The second-order valence-electron chi connectivity index (χ2n) is 11.7. The number of likely N-dealkylation sites (tertiary alicyclic amines) is 1. The molecule has 0 saturated carbocycles. The summed E-state index contributed by atoms with van der Waals surface area (Å²) in [5.41, 5.74) is 6.77. The van der Waals surface area contributed by atoms with Crippen LogP contribution in [-0.2, 0) is 6.61 Å². The van der Waals surface area contributed by atoms with Gasteiger partial charge in [-0.25, -0.2) is 0 Å². The van der Waals surface area contributed by atoms with Crippen LogP contribution in [0.4, 0.5) is 5.69 Å². The summed E-state index contributed by atoms with van der Waals surface area (Å²) in [6.07, 6.45) is 7.88. The number of hydrogen-bond acceptors (Lipinski definition) is 5. The molecule has 1 aliphatic rings. The molecule has 2 amide bonds. The molecule has 8 heteroatoms. The number of carbonyl (C=O) groups is 2. The Morgan fingerprint density at radius 1 is 0.867 bits per heavy atom. The van der Waals surface area contributed by atoms with E-state index in [1.807, 2.05) is 12.1 Å². The van der Waals surface area contributed by atoms with Crippen molar-refractivity contribution in [2.24, 2.45) is 0 Å². The van der Waals surface area contributed by atoms with Crippen molar-refractivity contribution < 1.29 is 14.3 Å². The van der Waals surface area contributed by atoms with E-state index in [9.17, 15) is 9.59 Å². The first-order valence-corrected chi connectivity index (χ1v) is 16.0. The normalized spacial score (nSPS) is 13.8. The molecule has 2 heterocycles. The molecule has 7 nitrogen and oxygen atoms in total. The highest BCUT2D eigenvalue weighted by molar-refractivity contribution is 6.30. The van der Waals surface area contributed by atoms with Crippen molar-refractivity contribution in [1.29, 1.82) is 0 Å². The van der Waals surface area contributed by atoms with Crippen molar-refractivity contribution >= 4 is 29.1 Å². The van der Waals surface area contributed by atoms with Gasteiger partial charge in [-0.15, -0.1) is 0 Å². The number of unbranched alkanes of at least 4 members (excludes halogenated alkanes) is 1. The number of pyridine rings is 1. The quantitative estimate of drug-likeness (QED) is 0.159. The van der Waals surface area contributed by atoms with Gasteiger partial charge in [-0.2, -0.15) is 0 Å². The highest BCUT2D eigenvalue weighted by Crippen LogP contribution is 2.34. The molecule has 5 rings (SSSR count). The minimum Gasteiger partial charge on any atom is -0.489 e. The predicted molar refractivity (Wildman–Crippen MR) is 180 cm³/mol. The number of piperidine rings is 1. The van der Waals surface area contributed by atoms with E-state index in [0.717, 1.165) is 56.6 Å². The van der Waals surface area contributed by atoms with Crippen LogP contribution in [0.1, 0.15) is 74.6 Å². The van der Waals surface area contributed by atoms with E-state index in [2.05, 4.69) is 46.5 Å². The Bertz CT molecular complexity index is 1570. The van der Waals surface area contributed by atoms with Crippen LogP contribution in [0.5, 0.6) is 5.75 Å². The van der Waals surface area contributed by atoms with Gasteiger partial charge in [-0.3, -0.25) is 14.6 Å². The molecule has 0 radical (unpaired) electrons. The highest BCUT2D eigenvalue weighted by atomic mass is 35.5. The van der Waals surface area contributed by atoms with Crippen molar-refractivity contribution in [3.8, 4) is 5.75 Å². The Kier molecular flexibility index (Phi) is 11.2. The van der Waals surface area contributed by atoms with Gasteiger partial charge in [0, 0.05) is 40.8 Å². The van der Waals surface area contributed by atoms with Crippen molar-refractivity contribution in [2.45, 2.75) is 52.1 Å². The van der Waals surface area contributed by atoms with Crippen LogP contribution in [0, 0.1) is 13.8 Å². The molecule has 0 unspecified atom stereocenters. The molecule has 1 saturated heterocycles. The zero-order valence-electron chi connectivity index (χ0n) is 26.0. The lowest BCUT2D eigenvalue weighted by molar-refractivity contribution is 0.0951. The standard InChI is InChI=1S/C37H41ClN4O3/c1-26-24-35(45-25-28-13-18-39-19-14-28)27(2)23-34(26)29-15-21-42(22-16-29)20-4-3-17-40-36(43)30-7-11-33(12-8-30)41-37(44)31-5-9-32(38)10-6-31/h5-14,18-19,23-24,29H,3-4,15-17,20-22,25H2,1-2H3,(H,40,43)(H,41,44). The molecular weight excluding hydrogens is 584 g/mol. The number of benzene rings is 3. The zero-order chi connectivity index (χ0) is 31.6. The lowest BCUT2D eigenvalue weighted by Crippen LogP contribution is -2.34. The second-order valence-corrected chi connectivity index (χ2v) is 12.2. The average Bonchev–Trinajstić information content (AvgIpc) is 3.06. The molecule has 0 bridgehead atoms. The van der Waals surface area contributed by atoms with E-state index in [-0.39, 0.29) is 11.8 Å². The van der Waals surface area contributed by atoms with Gasteiger partial charge in [0.1, 0.15) is 12.4 Å². The van der Waals surface area contributed by atoms with Crippen LogP contribution in [0.25, 0.3) is 0 Å². The molecule has 1 aliphatic heterocycles. The van der Waals surface area contributed by atoms with Gasteiger partial charge >= 0.3 is 0 Å². The number of amides is 2. The van der Waals surface area contributed by atoms with Crippen LogP contribution in [0.2, 0.25) is 5.02 Å². The zero-order valence-corrected chi connectivity index (χ0v) is 26.8. The van der Waals surface area contributed by atoms with Gasteiger partial charge in [0.2, 0.25) is 0 Å². The Morgan fingerprint density at radius 3 is 2.24 bits per heavy atom. The first-order chi connectivity index (χ1) is 21.9. The molecule has 3 aromatic carbocycles. The van der Waals surface area contributed by atoms with E-state index >= 15 is 0 Å². The third kappa shape index (κ3) is 9.16. The van der Waals surface area contributed by atoms with Gasteiger partial charge in [-0.05, 0) is 154 Å². The SMILES string of the molecule is Cc1cc(C2CCN(CCCCNC(=O)c3ccc(NC(=O)c4ccc(Cl)cc4)cc3)CC2)c(C)cc1OCc1ccncc1. The predicted octanol–water partition coefficient (Wildman–Crippen LogP) is 7.57. The summed E-state index contributed by atoms with van der Waals surface area (Å²) >= 11 is 5.89. The van der Waals surface area contributed by atoms with E-state index in [1.165, 1.54) is 16.7 Å². The largest absolute Gasteiger partial charge is 0.489 e. The number of aromatic nitrogens is 1. The summed E-state index contributed by atoms with van der Waals surface area (Å²) in [5, 5.41) is 6.44. The van der Waals surface area contributed by atoms with Crippen molar-refractivity contribution in [3.05, 3.63) is 124 Å². The number of ether oxygens (including phenoxy) is 1. The third-order valence-corrected chi connectivity index (χ3v) is 8.68. The maximum Gasteiger partial charge on any atom is 0.255 e. The first kappa shape index (κ1) is 32.2. The number of rotatable bonds is 12. The number of hydrogen-bond donors (Lipinski definition) is 2. The van der Waals surface area contributed by atoms with Gasteiger partial charge in [-0.1, -0.05) is 17.7 Å². The minimum atomic E-state index is -0.226. The molecule has 1 fully saturated rings. The number of nitrogens with one attached hydrogen (secondary N) is 2. The van der Waals surface area contributed by atoms with Gasteiger partial charge in [0.05, 0.1) is 0 Å². The van der Waals surface area contributed by atoms with Crippen molar-refractivity contribution in [3.63, 3.8) is 0 Å². The molecule has 1 aromatic heterocycles. The molecule has 234 valence electrons. The van der Waals surface area contributed by atoms with Crippen LogP contribution in [0.3, 0.4) is 0 Å².